The first-order valence-corrected chi connectivity index (χ1v) is 11.4. The van der Waals surface area contributed by atoms with Crippen molar-refractivity contribution < 1.29 is 9.21 Å². The van der Waals surface area contributed by atoms with Crippen LogP contribution in [0.1, 0.15) is 0 Å². The molecule has 0 saturated heterocycles. The lowest BCUT2D eigenvalue weighted by Crippen LogP contribution is -2.14. The molecule has 2 aromatic heterocycles. The van der Waals surface area contributed by atoms with Gasteiger partial charge in [-0.1, -0.05) is 64.1 Å². The third-order valence-corrected chi connectivity index (χ3v) is 6.44. The van der Waals surface area contributed by atoms with Crippen LogP contribution in [0.15, 0.2) is 80.8 Å². The Balaban J connectivity index is 1.30. The van der Waals surface area contributed by atoms with Crippen molar-refractivity contribution in [1.29, 1.82) is 0 Å². The minimum atomic E-state index is -0.0977. The number of fused-ring (bicyclic) bond motifs is 2. The van der Waals surface area contributed by atoms with Crippen LogP contribution in [0, 0.1) is 0 Å². The lowest BCUT2D eigenvalue weighted by atomic mass is 10.1. The number of anilines is 1. The van der Waals surface area contributed by atoms with Gasteiger partial charge >= 0.3 is 0 Å². The Hall–Kier alpha value is -3.10. The molecule has 5 rings (SSSR count). The molecule has 2 heterocycles. The Kier molecular flexibility index (Phi) is 5.25. The number of aromatic nitrogens is 3. The van der Waals surface area contributed by atoms with Crippen molar-refractivity contribution >= 4 is 61.0 Å². The minimum absolute atomic E-state index is 0.0977. The fraction of sp³-hybridized carbons (Fsp3) is 0.0870. The lowest BCUT2D eigenvalue weighted by Gasteiger charge is -2.08. The van der Waals surface area contributed by atoms with Crippen LogP contribution < -0.4 is 5.32 Å². The van der Waals surface area contributed by atoms with Gasteiger partial charge in [0.1, 0.15) is 5.58 Å². The molecule has 1 N–H and O–H groups in total. The Morgan fingerprint density at radius 2 is 1.90 bits per heavy atom. The summed E-state index contributed by atoms with van der Waals surface area (Å²) in [7, 11) is 1.86. The van der Waals surface area contributed by atoms with E-state index in [4.69, 9.17) is 4.42 Å². The predicted molar refractivity (Wildman–Crippen MR) is 127 cm³/mol. The van der Waals surface area contributed by atoms with E-state index < -0.39 is 0 Å². The smallest absolute Gasteiger partial charge is 0.234 e. The molecular formula is C23H17BrN4O2S. The number of hydrogen-bond donors (Lipinski definition) is 1. The summed E-state index contributed by atoms with van der Waals surface area (Å²) in [5.41, 5.74) is 1.58. The van der Waals surface area contributed by atoms with Gasteiger partial charge in [0, 0.05) is 28.0 Å². The summed E-state index contributed by atoms with van der Waals surface area (Å²) in [6.45, 7) is 0. The van der Waals surface area contributed by atoms with Crippen molar-refractivity contribution in [2.45, 2.75) is 5.16 Å². The maximum absolute atomic E-state index is 12.6. The van der Waals surface area contributed by atoms with E-state index in [1.807, 2.05) is 78.3 Å². The van der Waals surface area contributed by atoms with Crippen LogP contribution in [-0.4, -0.2) is 26.4 Å². The van der Waals surface area contributed by atoms with Crippen LogP contribution in [0.5, 0.6) is 0 Å². The molecule has 154 valence electrons. The predicted octanol–water partition coefficient (Wildman–Crippen LogP) is 5.87. The first kappa shape index (κ1) is 19.8. The first-order valence-electron chi connectivity index (χ1n) is 9.58. The van der Waals surface area contributed by atoms with Gasteiger partial charge in [-0.05, 0) is 35.7 Å². The van der Waals surface area contributed by atoms with E-state index >= 15 is 0 Å². The van der Waals surface area contributed by atoms with E-state index in [0.717, 1.165) is 31.9 Å². The zero-order chi connectivity index (χ0) is 21.4. The molecule has 0 unspecified atom stereocenters. The number of carbonyl (C=O) groups is 1. The molecule has 1 amide bonds. The van der Waals surface area contributed by atoms with Crippen molar-refractivity contribution in [3.63, 3.8) is 0 Å². The number of thioether (sulfide) groups is 1. The summed E-state index contributed by atoms with van der Waals surface area (Å²) in [4.78, 5) is 12.6. The molecule has 0 saturated carbocycles. The van der Waals surface area contributed by atoms with Gasteiger partial charge in [0.25, 0.3) is 0 Å². The maximum atomic E-state index is 12.6. The second-order valence-electron chi connectivity index (χ2n) is 7.02. The van der Waals surface area contributed by atoms with E-state index in [0.29, 0.717) is 16.7 Å². The van der Waals surface area contributed by atoms with Crippen LogP contribution >= 0.6 is 27.7 Å². The van der Waals surface area contributed by atoms with Crippen molar-refractivity contribution in [3.05, 3.63) is 71.2 Å². The fourth-order valence-electron chi connectivity index (χ4n) is 3.43. The molecule has 6 nitrogen and oxygen atoms in total. The highest BCUT2D eigenvalue weighted by atomic mass is 79.9. The van der Waals surface area contributed by atoms with E-state index in [1.165, 1.54) is 11.8 Å². The van der Waals surface area contributed by atoms with Crippen molar-refractivity contribution in [3.8, 4) is 11.6 Å². The van der Waals surface area contributed by atoms with E-state index in [-0.39, 0.29) is 11.7 Å². The topological polar surface area (TPSA) is 73.0 Å². The van der Waals surface area contributed by atoms with Gasteiger partial charge in [0.2, 0.25) is 5.91 Å². The van der Waals surface area contributed by atoms with Gasteiger partial charge in [0.05, 0.1) is 5.75 Å². The Labute approximate surface area is 190 Å². The second kappa shape index (κ2) is 8.20. The lowest BCUT2D eigenvalue weighted by molar-refractivity contribution is -0.113. The van der Waals surface area contributed by atoms with Crippen LogP contribution in [0.3, 0.4) is 0 Å². The molecule has 0 spiro atoms. The number of rotatable bonds is 5. The third kappa shape index (κ3) is 3.96. The number of carbonyl (C=O) groups excluding carboxylic acids is 1. The molecule has 0 atom stereocenters. The molecule has 5 aromatic rings. The molecular weight excluding hydrogens is 476 g/mol. The molecule has 0 bridgehead atoms. The van der Waals surface area contributed by atoms with Crippen LogP contribution in [0.2, 0.25) is 0 Å². The van der Waals surface area contributed by atoms with E-state index in [2.05, 4.69) is 31.4 Å². The summed E-state index contributed by atoms with van der Waals surface area (Å²) in [6.07, 6.45) is 0. The highest BCUT2D eigenvalue weighted by molar-refractivity contribution is 9.10. The molecule has 0 fully saturated rings. The third-order valence-electron chi connectivity index (χ3n) is 4.93. The summed E-state index contributed by atoms with van der Waals surface area (Å²) >= 11 is 4.80. The number of halogens is 1. The summed E-state index contributed by atoms with van der Waals surface area (Å²) in [5.74, 6) is 1.38. The number of nitrogens with zero attached hydrogens (tertiary/aromatic N) is 3. The van der Waals surface area contributed by atoms with Crippen molar-refractivity contribution in [1.82, 2.24) is 14.8 Å². The molecule has 0 aliphatic rings. The summed E-state index contributed by atoms with van der Waals surface area (Å²) in [6, 6.07) is 21.6. The van der Waals surface area contributed by atoms with E-state index in [1.54, 1.807) is 0 Å². The molecule has 3 aromatic carbocycles. The van der Waals surface area contributed by atoms with Crippen LogP contribution in [0.4, 0.5) is 5.69 Å². The molecule has 31 heavy (non-hydrogen) atoms. The number of nitrogens with one attached hydrogen (secondary N) is 1. The zero-order valence-corrected chi connectivity index (χ0v) is 18.9. The average Bonchev–Trinajstić information content (AvgIpc) is 3.35. The standard InChI is InChI=1S/C23H17BrN4O2S/c1-28-22(20-12-15-11-16(24)9-10-19(15)30-20)26-27-23(28)31-13-21(29)25-18-8-4-6-14-5-2-3-7-17(14)18/h2-12H,13H2,1H3,(H,25,29). The Morgan fingerprint density at radius 1 is 1.06 bits per heavy atom. The summed E-state index contributed by atoms with van der Waals surface area (Å²) in [5, 5.41) is 15.2. The molecule has 0 aliphatic heterocycles. The quantitative estimate of drug-likeness (QED) is 0.310. The van der Waals surface area contributed by atoms with E-state index in [9.17, 15) is 4.79 Å². The Morgan fingerprint density at radius 3 is 2.81 bits per heavy atom. The van der Waals surface area contributed by atoms with Gasteiger partial charge < -0.3 is 14.3 Å². The Bertz CT molecular complexity index is 1420. The van der Waals surface area contributed by atoms with Gasteiger partial charge in [-0.2, -0.15) is 0 Å². The SMILES string of the molecule is Cn1c(SCC(=O)Nc2cccc3ccccc23)nnc1-c1cc2cc(Br)ccc2o1. The second-order valence-corrected chi connectivity index (χ2v) is 8.88. The van der Waals surface area contributed by atoms with Gasteiger partial charge in [0.15, 0.2) is 16.7 Å². The molecule has 8 heteroatoms. The first-order chi connectivity index (χ1) is 15.1. The number of benzene rings is 3. The highest BCUT2D eigenvalue weighted by Crippen LogP contribution is 2.30. The minimum Gasteiger partial charge on any atom is -0.453 e. The van der Waals surface area contributed by atoms with Gasteiger partial charge in [-0.25, -0.2) is 0 Å². The highest BCUT2D eigenvalue weighted by Gasteiger charge is 2.17. The monoisotopic (exact) mass is 492 g/mol. The summed E-state index contributed by atoms with van der Waals surface area (Å²) < 4.78 is 8.74. The van der Waals surface area contributed by atoms with Crippen molar-refractivity contribution in [2.24, 2.45) is 7.05 Å². The zero-order valence-electron chi connectivity index (χ0n) is 16.5. The normalized spacial score (nSPS) is 11.3. The average molecular weight is 493 g/mol. The van der Waals surface area contributed by atoms with Crippen LogP contribution in [-0.2, 0) is 11.8 Å². The van der Waals surface area contributed by atoms with Gasteiger partial charge in [-0.15, -0.1) is 10.2 Å². The number of amides is 1. The van der Waals surface area contributed by atoms with Crippen LogP contribution in [0.25, 0.3) is 33.3 Å². The molecule has 0 aliphatic carbocycles. The van der Waals surface area contributed by atoms with Gasteiger partial charge in [-0.3, -0.25) is 4.79 Å². The largest absolute Gasteiger partial charge is 0.453 e. The number of hydrogen-bond acceptors (Lipinski definition) is 5. The fourth-order valence-corrected chi connectivity index (χ4v) is 4.52. The number of furan rings is 1. The maximum Gasteiger partial charge on any atom is 0.234 e. The molecule has 0 radical (unpaired) electrons. The van der Waals surface area contributed by atoms with Crippen molar-refractivity contribution in [2.75, 3.05) is 11.1 Å².